The van der Waals surface area contributed by atoms with E-state index in [-0.39, 0.29) is 44.0 Å². The average Bonchev–Trinajstić information content (AvgIpc) is 3.82. The molecule has 0 aliphatic carbocycles. The molecule has 6 rings (SSSR count). The first-order valence-corrected chi connectivity index (χ1v) is 19.5. The fourth-order valence-corrected chi connectivity index (χ4v) is 8.12. The van der Waals surface area contributed by atoms with E-state index in [1.165, 1.54) is 21.6 Å². The first-order chi connectivity index (χ1) is 27.2. The second-order valence-corrected chi connectivity index (χ2v) is 15.5. The van der Waals surface area contributed by atoms with Gasteiger partial charge in [-0.05, 0) is 88.1 Å². The molecule has 4 saturated heterocycles. The van der Waals surface area contributed by atoms with Crippen molar-refractivity contribution >= 4 is 47.2 Å². The molecule has 4 fully saturated rings. The minimum absolute atomic E-state index is 0.0266. The van der Waals surface area contributed by atoms with E-state index in [1.54, 1.807) is 24.3 Å². The van der Waals surface area contributed by atoms with Crippen molar-refractivity contribution in [1.82, 2.24) is 30.7 Å². The normalized spacial score (nSPS) is 26.5. The number of hydrogen-bond donors (Lipinski definition) is 4. The summed E-state index contributed by atoms with van der Waals surface area (Å²) in [4.78, 5) is 101. The Labute approximate surface area is 329 Å². The largest absolute Gasteiger partial charge is 0.461 e. The molecule has 4 aliphatic rings. The number of benzene rings is 2. The first kappa shape index (κ1) is 41.0. The SMILES string of the molecule is Cc1ccc(NC(=O)NC(Cc2cc(F)cc(F)c2)C(=O)NC2COC(=O)C3CC(C)CN3C(=O)C(C)NC(=O)C3CCCCN3C(=O)C3CCCN3C2=O)cc1. The highest BCUT2D eigenvalue weighted by atomic mass is 19.1. The summed E-state index contributed by atoms with van der Waals surface area (Å²) in [5.74, 6) is -5.92. The molecule has 2 aromatic carbocycles. The summed E-state index contributed by atoms with van der Waals surface area (Å²) in [6.45, 7) is 5.16. The lowest BCUT2D eigenvalue weighted by molar-refractivity contribution is -0.158. The number of halogens is 2. The predicted molar refractivity (Wildman–Crippen MR) is 201 cm³/mol. The molecule has 0 aromatic heterocycles. The van der Waals surface area contributed by atoms with E-state index in [9.17, 15) is 42.3 Å². The number of urea groups is 1. The number of carbonyl (C=O) groups excluding carboxylic acids is 7. The van der Waals surface area contributed by atoms with Gasteiger partial charge in [0.25, 0.3) is 0 Å². The van der Waals surface area contributed by atoms with Gasteiger partial charge in [-0.1, -0.05) is 24.6 Å². The summed E-state index contributed by atoms with van der Waals surface area (Å²) in [6.07, 6.45) is 2.21. The number of nitrogens with zero attached hydrogens (tertiary/aromatic N) is 3. The fraction of sp³-hybridized carbons (Fsp3) is 0.525. The number of hydrogen-bond acceptors (Lipinski definition) is 8. The number of carbonyl (C=O) groups is 7. The molecule has 57 heavy (non-hydrogen) atoms. The maximum absolute atomic E-state index is 14.5. The number of ether oxygens (including phenoxy) is 1. The number of nitrogens with one attached hydrogen (secondary N) is 4. The molecule has 4 aliphatic heterocycles. The molecule has 17 heteroatoms. The van der Waals surface area contributed by atoms with Gasteiger partial charge in [0.15, 0.2) is 0 Å². The molecule has 0 bridgehead atoms. The lowest BCUT2D eigenvalue weighted by Crippen LogP contribution is -2.62. The van der Waals surface area contributed by atoms with Crippen molar-refractivity contribution in [3.63, 3.8) is 0 Å². The number of aryl methyl sites for hydroxylation is 1. The lowest BCUT2D eigenvalue weighted by atomic mass is 9.99. The third-order valence-electron chi connectivity index (χ3n) is 11.0. The number of amides is 7. The van der Waals surface area contributed by atoms with Gasteiger partial charge in [-0.2, -0.15) is 0 Å². The Bertz CT molecular complexity index is 1880. The van der Waals surface area contributed by atoms with Crippen LogP contribution < -0.4 is 21.3 Å². The topological polar surface area (TPSA) is 187 Å². The minimum Gasteiger partial charge on any atom is -0.461 e. The summed E-state index contributed by atoms with van der Waals surface area (Å²) in [5.41, 5.74) is 1.36. The molecular formula is C40H49F2N7O8. The molecule has 0 spiro atoms. The third kappa shape index (κ3) is 9.68. The summed E-state index contributed by atoms with van der Waals surface area (Å²) >= 11 is 0. The van der Waals surface area contributed by atoms with Crippen molar-refractivity contribution in [1.29, 1.82) is 0 Å². The summed E-state index contributed by atoms with van der Waals surface area (Å²) in [5, 5.41) is 10.5. The highest BCUT2D eigenvalue weighted by Crippen LogP contribution is 2.28. The van der Waals surface area contributed by atoms with Crippen molar-refractivity contribution in [2.45, 2.75) is 102 Å². The smallest absolute Gasteiger partial charge is 0.328 e. The highest BCUT2D eigenvalue weighted by molar-refractivity contribution is 5.98. The molecule has 0 radical (unpaired) electrons. The van der Waals surface area contributed by atoms with Gasteiger partial charge in [0.2, 0.25) is 29.5 Å². The molecule has 2 aromatic rings. The Balaban J connectivity index is 1.31. The van der Waals surface area contributed by atoms with Gasteiger partial charge in [-0.3, -0.25) is 24.0 Å². The molecule has 4 heterocycles. The van der Waals surface area contributed by atoms with E-state index in [4.69, 9.17) is 4.74 Å². The molecule has 306 valence electrons. The Morgan fingerprint density at radius 3 is 2.23 bits per heavy atom. The van der Waals surface area contributed by atoms with Crippen LogP contribution in [0.1, 0.15) is 63.5 Å². The number of rotatable bonds is 6. The second kappa shape index (κ2) is 17.7. The molecule has 0 saturated carbocycles. The van der Waals surface area contributed by atoms with E-state index in [0.717, 1.165) is 17.7 Å². The van der Waals surface area contributed by atoms with Gasteiger partial charge in [0.1, 0.15) is 54.5 Å². The zero-order valence-corrected chi connectivity index (χ0v) is 32.2. The molecular weight excluding hydrogens is 744 g/mol. The standard InChI is InChI=1S/C40H49F2N7O8/c1-22-9-11-28(12-10-22)44-40(56)46-29(18-25-16-26(41)19-27(42)17-25)34(50)45-30-21-57-39(55)33-15-23(2)20-49(33)36(52)24(3)43-35(51)31-7-4-5-13-47(31)38(54)32-8-6-14-48(32)37(30)53/h9-12,16-17,19,23-24,29-33H,4-8,13-15,18,20-21H2,1-3H3,(H,43,51)(H,45,50)(H2,44,46,56). The third-order valence-corrected chi connectivity index (χ3v) is 11.0. The zero-order valence-electron chi connectivity index (χ0n) is 32.2. The number of esters is 1. The second-order valence-electron chi connectivity index (χ2n) is 15.5. The Hall–Kier alpha value is -5.61. The van der Waals surface area contributed by atoms with Gasteiger partial charge in [0.05, 0.1) is 0 Å². The number of cyclic esters (lactones) is 1. The van der Waals surface area contributed by atoms with Crippen molar-refractivity contribution < 1.29 is 47.1 Å². The minimum atomic E-state index is -1.58. The van der Waals surface area contributed by atoms with E-state index in [0.29, 0.717) is 37.4 Å². The van der Waals surface area contributed by atoms with Crippen LogP contribution in [-0.4, -0.2) is 119 Å². The van der Waals surface area contributed by atoms with Crippen LogP contribution in [0.5, 0.6) is 0 Å². The Morgan fingerprint density at radius 2 is 1.51 bits per heavy atom. The van der Waals surface area contributed by atoms with Gasteiger partial charge in [-0.15, -0.1) is 0 Å². The van der Waals surface area contributed by atoms with Gasteiger partial charge >= 0.3 is 12.0 Å². The Morgan fingerprint density at radius 1 is 0.842 bits per heavy atom. The monoisotopic (exact) mass is 793 g/mol. The molecule has 15 nitrogen and oxygen atoms in total. The van der Waals surface area contributed by atoms with E-state index >= 15 is 0 Å². The maximum atomic E-state index is 14.5. The van der Waals surface area contributed by atoms with Crippen molar-refractivity contribution in [3.05, 3.63) is 65.2 Å². The van der Waals surface area contributed by atoms with Crippen LogP contribution in [0.4, 0.5) is 19.3 Å². The number of piperidine rings is 1. The van der Waals surface area contributed by atoms with Gasteiger partial charge in [0, 0.05) is 37.8 Å². The zero-order chi connectivity index (χ0) is 41.0. The van der Waals surface area contributed by atoms with Crippen molar-refractivity contribution in [3.8, 4) is 0 Å². The summed E-state index contributed by atoms with van der Waals surface area (Å²) < 4.78 is 34.2. The number of fused-ring (bicyclic) bond motifs is 3. The van der Waals surface area contributed by atoms with Crippen LogP contribution in [0.2, 0.25) is 0 Å². The predicted octanol–water partition coefficient (Wildman–Crippen LogP) is 2.16. The molecule has 7 unspecified atom stereocenters. The fourth-order valence-electron chi connectivity index (χ4n) is 8.12. The summed E-state index contributed by atoms with van der Waals surface area (Å²) in [6, 6.07) is 1.63. The van der Waals surface area contributed by atoms with Crippen LogP contribution in [-0.2, 0) is 39.9 Å². The van der Waals surface area contributed by atoms with Gasteiger partial charge < -0.3 is 40.7 Å². The van der Waals surface area contributed by atoms with Crippen molar-refractivity contribution in [2.75, 3.05) is 31.6 Å². The molecule has 7 atom stereocenters. The summed E-state index contributed by atoms with van der Waals surface area (Å²) in [7, 11) is 0. The van der Waals surface area contributed by atoms with Crippen LogP contribution >= 0.6 is 0 Å². The van der Waals surface area contributed by atoms with Crippen LogP contribution in [0.3, 0.4) is 0 Å². The van der Waals surface area contributed by atoms with E-state index < -0.39 is 102 Å². The molecule has 7 amide bonds. The average molecular weight is 794 g/mol. The number of anilines is 1. The van der Waals surface area contributed by atoms with Crippen LogP contribution in [0.15, 0.2) is 42.5 Å². The van der Waals surface area contributed by atoms with Crippen LogP contribution in [0, 0.1) is 24.5 Å². The Kier molecular flexibility index (Phi) is 12.7. The molecule has 4 N–H and O–H groups in total. The van der Waals surface area contributed by atoms with Crippen molar-refractivity contribution in [2.24, 2.45) is 5.92 Å². The first-order valence-electron chi connectivity index (χ1n) is 19.5. The quantitative estimate of drug-likeness (QED) is 0.321. The maximum Gasteiger partial charge on any atom is 0.328 e. The van der Waals surface area contributed by atoms with Crippen LogP contribution in [0.25, 0.3) is 0 Å². The lowest BCUT2D eigenvalue weighted by Gasteiger charge is -2.39. The van der Waals surface area contributed by atoms with Gasteiger partial charge in [-0.25, -0.2) is 18.4 Å². The highest BCUT2D eigenvalue weighted by Gasteiger charge is 2.46. The van der Waals surface area contributed by atoms with E-state index in [1.807, 2.05) is 13.8 Å². The van der Waals surface area contributed by atoms with E-state index in [2.05, 4.69) is 21.3 Å².